The fraction of sp³-hybridized carbons (Fsp3) is 0.316. The molecule has 128 valence electrons. The zero-order valence-corrected chi connectivity index (χ0v) is 14.3. The number of para-hydroxylation sites is 1. The third-order valence-electron chi connectivity index (χ3n) is 3.36. The van der Waals surface area contributed by atoms with Crippen molar-refractivity contribution < 1.29 is 9.53 Å². The quantitative estimate of drug-likeness (QED) is 0.695. The zero-order chi connectivity index (χ0) is 17.2. The first-order valence-electron chi connectivity index (χ1n) is 8.12. The van der Waals surface area contributed by atoms with E-state index < -0.39 is 0 Å². The van der Waals surface area contributed by atoms with Gasteiger partial charge in [-0.05, 0) is 70.0 Å². The van der Waals surface area contributed by atoms with E-state index in [0.29, 0.717) is 6.54 Å². The number of nitrogens with zero attached hydrogens (tertiary/aromatic N) is 1. The van der Waals surface area contributed by atoms with Gasteiger partial charge in [0.15, 0.2) is 0 Å². The van der Waals surface area contributed by atoms with Crippen molar-refractivity contribution >= 4 is 11.6 Å². The highest BCUT2D eigenvalue weighted by Gasteiger charge is 2.03. The molecular formula is C19H25N3O2. The summed E-state index contributed by atoms with van der Waals surface area (Å²) in [5.41, 5.74) is 0.760. The van der Waals surface area contributed by atoms with E-state index in [9.17, 15) is 4.79 Å². The maximum Gasteiger partial charge on any atom is 0.238 e. The van der Waals surface area contributed by atoms with Crippen LogP contribution >= 0.6 is 0 Å². The summed E-state index contributed by atoms with van der Waals surface area (Å²) in [5, 5.41) is 6.01. The SMILES string of the molecule is CN(C)CCCNCC(=O)Nc1ccc(Oc2ccccc2)cc1. The van der Waals surface area contributed by atoms with Crippen LogP contribution in [0, 0.1) is 0 Å². The maximum atomic E-state index is 11.9. The number of carbonyl (C=O) groups excluding carboxylic acids is 1. The van der Waals surface area contributed by atoms with Gasteiger partial charge in [0, 0.05) is 5.69 Å². The normalized spacial score (nSPS) is 10.6. The van der Waals surface area contributed by atoms with Gasteiger partial charge in [-0.1, -0.05) is 18.2 Å². The van der Waals surface area contributed by atoms with Crippen molar-refractivity contribution in [1.29, 1.82) is 0 Å². The van der Waals surface area contributed by atoms with Gasteiger partial charge in [0.25, 0.3) is 0 Å². The molecule has 0 aliphatic heterocycles. The van der Waals surface area contributed by atoms with E-state index in [-0.39, 0.29) is 5.91 Å². The molecule has 2 rings (SSSR count). The Balaban J connectivity index is 1.72. The Labute approximate surface area is 143 Å². The Hall–Kier alpha value is -2.37. The van der Waals surface area contributed by atoms with Gasteiger partial charge in [-0.3, -0.25) is 4.79 Å². The third-order valence-corrected chi connectivity index (χ3v) is 3.36. The van der Waals surface area contributed by atoms with E-state index in [2.05, 4.69) is 15.5 Å². The van der Waals surface area contributed by atoms with Crippen molar-refractivity contribution in [2.75, 3.05) is 39.0 Å². The number of amides is 1. The molecule has 0 radical (unpaired) electrons. The molecule has 0 heterocycles. The van der Waals surface area contributed by atoms with Crippen LogP contribution in [0.1, 0.15) is 6.42 Å². The van der Waals surface area contributed by atoms with Crippen molar-refractivity contribution in [3.63, 3.8) is 0 Å². The van der Waals surface area contributed by atoms with Crippen LogP contribution < -0.4 is 15.4 Å². The summed E-state index contributed by atoms with van der Waals surface area (Å²) in [6.45, 7) is 2.16. The Kier molecular flexibility index (Phi) is 7.26. The van der Waals surface area contributed by atoms with E-state index >= 15 is 0 Å². The highest BCUT2D eigenvalue weighted by molar-refractivity contribution is 5.92. The first-order valence-corrected chi connectivity index (χ1v) is 8.12. The Bertz CT molecular complexity index is 612. The number of rotatable bonds is 9. The minimum atomic E-state index is -0.0448. The monoisotopic (exact) mass is 327 g/mol. The molecule has 0 saturated heterocycles. The molecule has 2 aromatic rings. The number of ether oxygens (including phenoxy) is 1. The molecule has 5 heteroatoms. The largest absolute Gasteiger partial charge is 0.457 e. The molecular weight excluding hydrogens is 302 g/mol. The van der Waals surface area contributed by atoms with Crippen LogP contribution in [0.25, 0.3) is 0 Å². The van der Waals surface area contributed by atoms with Crippen molar-refractivity contribution in [3.05, 3.63) is 54.6 Å². The number of anilines is 1. The number of nitrogens with one attached hydrogen (secondary N) is 2. The lowest BCUT2D eigenvalue weighted by Gasteiger charge is -2.10. The first kappa shape index (κ1) is 18.0. The van der Waals surface area contributed by atoms with Gasteiger partial charge in [-0.2, -0.15) is 0 Å². The average molecular weight is 327 g/mol. The van der Waals surface area contributed by atoms with E-state index in [1.54, 1.807) is 0 Å². The summed E-state index contributed by atoms with van der Waals surface area (Å²) in [6, 6.07) is 16.9. The van der Waals surface area contributed by atoms with Crippen molar-refractivity contribution in [3.8, 4) is 11.5 Å². The van der Waals surface area contributed by atoms with Crippen LogP contribution in [-0.4, -0.2) is 44.5 Å². The fourth-order valence-corrected chi connectivity index (χ4v) is 2.16. The van der Waals surface area contributed by atoms with E-state index in [1.807, 2.05) is 68.7 Å². The van der Waals surface area contributed by atoms with Crippen LogP contribution in [0.4, 0.5) is 5.69 Å². The molecule has 0 unspecified atom stereocenters. The second-order valence-corrected chi connectivity index (χ2v) is 5.82. The molecule has 2 aromatic carbocycles. The van der Waals surface area contributed by atoms with Gasteiger partial charge in [0.1, 0.15) is 11.5 Å². The molecule has 24 heavy (non-hydrogen) atoms. The molecule has 0 bridgehead atoms. The lowest BCUT2D eigenvalue weighted by atomic mass is 10.3. The van der Waals surface area contributed by atoms with Crippen molar-refractivity contribution in [2.45, 2.75) is 6.42 Å². The van der Waals surface area contributed by atoms with E-state index in [1.165, 1.54) is 0 Å². The standard InChI is InChI=1S/C19H25N3O2/c1-22(2)14-6-13-20-15-19(23)21-16-9-11-18(12-10-16)24-17-7-4-3-5-8-17/h3-5,7-12,20H,6,13-15H2,1-2H3,(H,21,23). The molecule has 0 aliphatic carbocycles. The number of carbonyl (C=O) groups is 1. The second kappa shape index (κ2) is 9.70. The van der Waals surface area contributed by atoms with Crippen LogP contribution in [0.5, 0.6) is 11.5 Å². The molecule has 2 N–H and O–H groups in total. The highest BCUT2D eigenvalue weighted by atomic mass is 16.5. The summed E-state index contributed by atoms with van der Waals surface area (Å²) < 4.78 is 5.72. The predicted octanol–water partition coefficient (Wildman–Crippen LogP) is 2.96. The van der Waals surface area contributed by atoms with Gasteiger partial charge in [-0.25, -0.2) is 0 Å². The molecule has 0 aliphatic rings. The minimum Gasteiger partial charge on any atom is -0.457 e. The summed E-state index contributed by atoms with van der Waals surface area (Å²) in [4.78, 5) is 14.0. The van der Waals surface area contributed by atoms with Gasteiger partial charge in [-0.15, -0.1) is 0 Å². The number of hydrogen-bond acceptors (Lipinski definition) is 4. The molecule has 0 aromatic heterocycles. The molecule has 1 amide bonds. The smallest absolute Gasteiger partial charge is 0.238 e. The van der Waals surface area contributed by atoms with Crippen LogP contribution in [0.15, 0.2) is 54.6 Å². The van der Waals surface area contributed by atoms with Crippen LogP contribution in [0.3, 0.4) is 0 Å². The van der Waals surface area contributed by atoms with Gasteiger partial charge < -0.3 is 20.3 Å². The van der Waals surface area contributed by atoms with Gasteiger partial charge in [0.05, 0.1) is 6.54 Å². The Morgan fingerprint density at radius 1 is 1.00 bits per heavy atom. The van der Waals surface area contributed by atoms with Crippen molar-refractivity contribution in [1.82, 2.24) is 10.2 Å². The van der Waals surface area contributed by atoms with Crippen molar-refractivity contribution in [2.24, 2.45) is 0 Å². The lowest BCUT2D eigenvalue weighted by Crippen LogP contribution is -2.30. The number of benzene rings is 2. The maximum absolute atomic E-state index is 11.9. The molecule has 0 spiro atoms. The van der Waals surface area contributed by atoms with Crippen LogP contribution in [-0.2, 0) is 4.79 Å². The van der Waals surface area contributed by atoms with Crippen LogP contribution in [0.2, 0.25) is 0 Å². The summed E-state index contributed by atoms with van der Waals surface area (Å²) >= 11 is 0. The fourth-order valence-electron chi connectivity index (χ4n) is 2.16. The minimum absolute atomic E-state index is 0.0448. The highest BCUT2D eigenvalue weighted by Crippen LogP contribution is 2.22. The number of hydrogen-bond donors (Lipinski definition) is 2. The lowest BCUT2D eigenvalue weighted by molar-refractivity contribution is -0.115. The predicted molar refractivity (Wildman–Crippen MR) is 97.6 cm³/mol. The third kappa shape index (κ3) is 6.81. The second-order valence-electron chi connectivity index (χ2n) is 5.82. The zero-order valence-electron chi connectivity index (χ0n) is 14.3. The molecule has 0 fully saturated rings. The molecule has 0 atom stereocenters. The Morgan fingerprint density at radius 2 is 1.67 bits per heavy atom. The summed E-state index contributed by atoms with van der Waals surface area (Å²) in [6.07, 6.45) is 1.02. The van der Waals surface area contributed by atoms with E-state index in [4.69, 9.17) is 4.74 Å². The average Bonchev–Trinajstić information content (AvgIpc) is 2.57. The first-order chi connectivity index (χ1) is 11.6. The summed E-state index contributed by atoms with van der Waals surface area (Å²) in [7, 11) is 4.08. The van der Waals surface area contributed by atoms with E-state index in [0.717, 1.165) is 36.7 Å². The van der Waals surface area contributed by atoms with Gasteiger partial charge in [0.2, 0.25) is 5.91 Å². The molecule has 0 saturated carbocycles. The topological polar surface area (TPSA) is 53.6 Å². The summed E-state index contributed by atoms with van der Waals surface area (Å²) in [5.74, 6) is 1.48. The molecule has 5 nitrogen and oxygen atoms in total. The Morgan fingerprint density at radius 3 is 2.33 bits per heavy atom. The van der Waals surface area contributed by atoms with Gasteiger partial charge >= 0.3 is 0 Å².